The number of ether oxygens (including phenoxy) is 1. The van der Waals surface area contributed by atoms with Gasteiger partial charge in [-0.1, -0.05) is 20.8 Å². The molecule has 18 heavy (non-hydrogen) atoms. The van der Waals surface area contributed by atoms with Crippen molar-refractivity contribution in [2.75, 3.05) is 11.9 Å². The first-order chi connectivity index (χ1) is 8.27. The van der Waals surface area contributed by atoms with Crippen molar-refractivity contribution in [1.82, 2.24) is 4.98 Å². The van der Waals surface area contributed by atoms with Crippen LogP contribution in [0.1, 0.15) is 43.7 Å². The molecule has 0 saturated carbocycles. The van der Waals surface area contributed by atoms with E-state index in [4.69, 9.17) is 4.74 Å². The number of aryl methyl sites for hydroxylation is 1. The highest BCUT2D eigenvalue weighted by Gasteiger charge is 2.25. The second-order valence-electron chi connectivity index (χ2n) is 5.13. The van der Waals surface area contributed by atoms with Crippen LogP contribution in [0.2, 0.25) is 0 Å². The van der Waals surface area contributed by atoms with Crippen molar-refractivity contribution in [1.29, 1.82) is 0 Å². The Morgan fingerprint density at radius 3 is 2.50 bits per heavy atom. The maximum absolute atomic E-state index is 11.9. The molecular formula is C13H20N2O3. The summed E-state index contributed by atoms with van der Waals surface area (Å²) in [4.78, 5) is 26.6. The van der Waals surface area contributed by atoms with Gasteiger partial charge < -0.3 is 15.0 Å². The molecule has 0 bridgehead atoms. The van der Waals surface area contributed by atoms with Crippen molar-refractivity contribution in [3.63, 3.8) is 0 Å². The normalized spacial score (nSPS) is 11.2. The maximum Gasteiger partial charge on any atom is 0.342 e. The van der Waals surface area contributed by atoms with Gasteiger partial charge in [0.2, 0.25) is 5.91 Å². The van der Waals surface area contributed by atoms with Crippen LogP contribution in [0.5, 0.6) is 0 Å². The van der Waals surface area contributed by atoms with Crippen LogP contribution in [-0.2, 0) is 9.53 Å². The van der Waals surface area contributed by atoms with Crippen LogP contribution >= 0.6 is 0 Å². The van der Waals surface area contributed by atoms with Crippen molar-refractivity contribution in [2.45, 2.75) is 34.6 Å². The number of aromatic amines is 1. The quantitative estimate of drug-likeness (QED) is 0.812. The molecule has 0 spiro atoms. The van der Waals surface area contributed by atoms with Crippen LogP contribution in [0, 0.1) is 12.3 Å². The highest BCUT2D eigenvalue weighted by Crippen LogP contribution is 2.23. The van der Waals surface area contributed by atoms with Crippen LogP contribution in [0.15, 0.2) is 6.20 Å². The summed E-state index contributed by atoms with van der Waals surface area (Å²) in [7, 11) is 0. The SMILES string of the molecule is CCOC(=O)c1c(NC(=O)C(C)(C)C)c[nH]c1C. The predicted octanol–water partition coefficient (Wildman–Crippen LogP) is 2.48. The second kappa shape index (κ2) is 5.25. The Morgan fingerprint density at radius 1 is 1.39 bits per heavy atom. The summed E-state index contributed by atoms with van der Waals surface area (Å²) in [5.41, 5.74) is 1.01. The minimum Gasteiger partial charge on any atom is -0.462 e. The Bertz CT molecular complexity index is 455. The number of carbonyl (C=O) groups is 2. The van der Waals surface area contributed by atoms with Gasteiger partial charge in [-0.2, -0.15) is 0 Å². The third-order valence-corrected chi connectivity index (χ3v) is 2.49. The third kappa shape index (κ3) is 3.12. The Balaban J connectivity index is 2.98. The van der Waals surface area contributed by atoms with Gasteiger partial charge in [-0.3, -0.25) is 4.79 Å². The summed E-state index contributed by atoms with van der Waals surface area (Å²) < 4.78 is 4.96. The van der Waals surface area contributed by atoms with Crippen LogP contribution < -0.4 is 5.32 Å². The van der Waals surface area contributed by atoms with E-state index < -0.39 is 11.4 Å². The van der Waals surface area contributed by atoms with E-state index in [0.717, 1.165) is 0 Å². The molecule has 5 heteroatoms. The van der Waals surface area contributed by atoms with Crippen molar-refractivity contribution in [3.05, 3.63) is 17.5 Å². The van der Waals surface area contributed by atoms with Gasteiger partial charge in [0, 0.05) is 17.3 Å². The van der Waals surface area contributed by atoms with Crippen LogP contribution in [-0.4, -0.2) is 23.5 Å². The van der Waals surface area contributed by atoms with Crippen molar-refractivity contribution < 1.29 is 14.3 Å². The van der Waals surface area contributed by atoms with E-state index in [1.165, 1.54) is 0 Å². The summed E-state index contributed by atoms with van der Waals surface area (Å²) >= 11 is 0. The van der Waals surface area contributed by atoms with Crippen molar-refractivity contribution in [2.24, 2.45) is 5.41 Å². The number of H-pyrrole nitrogens is 1. The molecule has 0 radical (unpaired) electrons. The molecule has 2 N–H and O–H groups in total. The van der Waals surface area contributed by atoms with Gasteiger partial charge in [0.1, 0.15) is 5.56 Å². The fourth-order valence-electron chi connectivity index (χ4n) is 1.40. The van der Waals surface area contributed by atoms with Crippen LogP contribution in [0.4, 0.5) is 5.69 Å². The first kappa shape index (κ1) is 14.3. The zero-order valence-electron chi connectivity index (χ0n) is 11.5. The van der Waals surface area contributed by atoms with E-state index in [0.29, 0.717) is 23.6 Å². The van der Waals surface area contributed by atoms with E-state index >= 15 is 0 Å². The minimum absolute atomic E-state index is 0.146. The third-order valence-electron chi connectivity index (χ3n) is 2.49. The Labute approximate surface area is 107 Å². The number of anilines is 1. The maximum atomic E-state index is 11.9. The predicted molar refractivity (Wildman–Crippen MR) is 69.6 cm³/mol. The molecule has 0 aliphatic carbocycles. The number of hydrogen-bond acceptors (Lipinski definition) is 3. The lowest BCUT2D eigenvalue weighted by Gasteiger charge is -2.17. The summed E-state index contributed by atoms with van der Waals surface area (Å²) in [6.07, 6.45) is 1.60. The number of carbonyl (C=O) groups excluding carboxylic acids is 2. The van der Waals surface area contributed by atoms with Gasteiger partial charge in [-0.15, -0.1) is 0 Å². The molecule has 0 aromatic carbocycles. The molecule has 1 aromatic rings. The molecule has 1 heterocycles. The van der Waals surface area contributed by atoms with Gasteiger partial charge in [-0.05, 0) is 13.8 Å². The fourth-order valence-corrected chi connectivity index (χ4v) is 1.40. The number of aromatic nitrogens is 1. The van der Waals surface area contributed by atoms with Crippen LogP contribution in [0.3, 0.4) is 0 Å². The van der Waals surface area contributed by atoms with Gasteiger partial charge in [0.15, 0.2) is 0 Å². The van der Waals surface area contributed by atoms with Gasteiger partial charge in [0.05, 0.1) is 12.3 Å². The molecule has 0 aliphatic rings. The van der Waals surface area contributed by atoms with Crippen molar-refractivity contribution in [3.8, 4) is 0 Å². The topological polar surface area (TPSA) is 71.2 Å². The van der Waals surface area contributed by atoms with E-state index in [1.54, 1.807) is 20.0 Å². The van der Waals surface area contributed by atoms with Crippen molar-refractivity contribution >= 4 is 17.6 Å². The minimum atomic E-state index is -0.517. The summed E-state index contributed by atoms with van der Waals surface area (Å²) in [6, 6.07) is 0. The lowest BCUT2D eigenvalue weighted by molar-refractivity contribution is -0.123. The van der Waals surface area contributed by atoms with E-state index in [2.05, 4.69) is 10.3 Å². The molecule has 0 aliphatic heterocycles. The summed E-state index contributed by atoms with van der Waals surface area (Å²) in [6.45, 7) is 9.24. The lowest BCUT2D eigenvalue weighted by atomic mass is 9.95. The number of rotatable bonds is 3. The molecule has 5 nitrogen and oxygen atoms in total. The molecule has 0 unspecified atom stereocenters. The highest BCUT2D eigenvalue weighted by molar-refractivity contribution is 6.03. The van der Waals surface area contributed by atoms with E-state index in [9.17, 15) is 9.59 Å². The zero-order chi connectivity index (χ0) is 13.9. The Kier molecular flexibility index (Phi) is 4.16. The van der Waals surface area contributed by atoms with E-state index in [1.807, 2.05) is 20.8 Å². The average molecular weight is 252 g/mol. The van der Waals surface area contributed by atoms with Gasteiger partial charge >= 0.3 is 5.97 Å². The summed E-state index contributed by atoms with van der Waals surface area (Å²) in [5, 5.41) is 2.74. The van der Waals surface area contributed by atoms with Crippen LogP contribution in [0.25, 0.3) is 0 Å². The summed E-state index contributed by atoms with van der Waals surface area (Å²) in [5.74, 6) is -0.576. The number of nitrogens with one attached hydrogen (secondary N) is 2. The molecule has 0 atom stereocenters. The highest BCUT2D eigenvalue weighted by atomic mass is 16.5. The molecule has 1 rings (SSSR count). The van der Waals surface area contributed by atoms with Gasteiger partial charge in [-0.25, -0.2) is 4.79 Å². The standard InChI is InChI=1S/C13H20N2O3/c1-6-18-11(16)10-8(2)14-7-9(10)15-12(17)13(3,4)5/h7,14H,6H2,1-5H3,(H,15,17). The largest absolute Gasteiger partial charge is 0.462 e. The average Bonchev–Trinajstić information content (AvgIpc) is 2.58. The number of amides is 1. The van der Waals surface area contributed by atoms with Gasteiger partial charge in [0.25, 0.3) is 0 Å². The monoisotopic (exact) mass is 252 g/mol. The molecule has 0 fully saturated rings. The lowest BCUT2D eigenvalue weighted by Crippen LogP contribution is -2.28. The fraction of sp³-hybridized carbons (Fsp3) is 0.538. The molecule has 0 saturated heterocycles. The molecular weight excluding hydrogens is 232 g/mol. The second-order valence-corrected chi connectivity index (χ2v) is 5.13. The first-order valence-corrected chi connectivity index (χ1v) is 5.94. The number of esters is 1. The smallest absolute Gasteiger partial charge is 0.342 e. The first-order valence-electron chi connectivity index (χ1n) is 5.94. The van der Waals surface area contributed by atoms with E-state index in [-0.39, 0.29) is 5.91 Å². The Morgan fingerprint density at radius 2 is 2.00 bits per heavy atom. The molecule has 1 amide bonds. The Hall–Kier alpha value is -1.78. The number of hydrogen-bond donors (Lipinski definition) is 2. The molecule has 100 valence electrons. The molecule has 1 aromatic heterocycles. The zero-order valence-corrected chi connectivity index (χ0v) is 11.5.